The molecule has 0 amide bonds. The summed E-state index contributed by atoms with van der Waals surface area (Å²) in [6.07, 6.45) is 9.15. The first kappa shape index (κ1) is 19.5. The van der Waals surface area contributed by atoms with Gasteiger partial charge in [0.2, 0.25) is 0 Å². The Morgan fingerprint density at radius 3 is 2.00 bits per heavy atom. The third-order valence-electron chi connectivity index (χ3n) is 4.36. The lowest BCUT2D eigenvalue weighted by Gasteiger charge is -2.21. The van der Waals surface area contributed by atoms with Gasteiger partial charge in [-0.15, -0.1) is 0 Å². The fraction of sp³-hybridized carbons (Fsp3) is 0.944. The van der Waals surface area contributed by atoms with Crippen molar-refractivity contribution in [2.45, 2.75) is 92.6 Å². The molecule has 0 radical (unpaired) electrons. The monoisotopic (exact) mass is 284 g/mol. The zero-order chi connectivity index (χ0) is 15.5. The lowest BCUT2D eigenvalue weighted by molar-refractivity contribution is -0.147. The smallest absolute Gasteiger partial charge is 0.302 e. The first-order valence-corrected chi connectivity index (χ1v) is 8.54. The molecule has 2 heteroatoms. The number of hydrogen-bond acceptors (Lipinski definition) is 2. The fourth-order valence-electron chi connectivity index (χ4n) is 2.88. The van der Waals surface area contributed by atoms with E-state index in [0.29, 0.717) is 5.92 Å². The van der Waals surface area contributed by atoms with E-state index in [2.05, 4.69) is 27.7 Å². The summed E-state index contributed by atoms with van der Waals surface area (Å²) in [5, 5.41) is 0. The summed E-state index contributed by atoms with van der Waals surface area (Å²) in [5.41, 5.74) is 0. The minimum Gasteiger partial charge on any atom is -0.463 e. The maximum absolute atomic E-state index is 10.9. The standard InChI is InChI=1S/C18H36O2/c1-7-8-10-14(2)13-15(3)11-9-12-16(4)17(5)20-18(6)19/h14-17H,7-13H2,1-6H3/t14-,15+,16+,17+/m0/s1. The number of esters is 1. The summed E-state index contributed by atoms with van der Waals surface area (Å²) >= 11 is 0. The summed E-state index contributed by atoms with van der Waals surface area (Å²) in [4.78, 5) is 10.9. The van der Waals surface area contributed by atoms with Crippen LogP contribution in [0.2, 0.25) is 0 Å². The van der Waals surface area contributed by atoms with Crippen LogP contribution in [0.1, 0.15) is 86.5 Å². The van der Waals surface area contributed by atoms with Crippen LogP contribution in [0.25, 0.3) is 0 Å². The summed E-state index contributed by atoms with van der Waals surface area (Å²) in [6.45, 7) is 12.7. The third kappa shape index (κ3) is 10.3. The molecule has 20 heavy (non-hydrogen) atoms. The van der Waals surface area contributed by atoms with Crippen LogP contribution in [-0.2, 0) is 9.53 Å². The van der Waals surface area contributed by atoms with Crippen LogP contribution in [0.4, 0.5) is 0 Å². The van der Waals surface area contributed by atoms with E-state index in [1.165, 1.54) is 45.4 Å². The molecule has 0 aromatic rings. The average Bonchev–Trinajstić information content (AvgIpc) is 2.35. The largest absolute Gasteiger partial charge is 0.463 e. The molecule has 0 spiro atoms. The van der Waals surface area contributed by atoms with Crippen molar-refractivity contribution in [3.63, 3.8) is 0 Å². The van der Waals surface area contributed by atoms with Gasteiger partial charge in [0.05, 0.1) is 0 Å². The third-order valence-corrected chi connectivity index (χ3v) is 4.36. The van der Waals surface area contributed by atoms with Gasteiger partial charge in [-0.1, -0.05) is 59.8 Å². The van der Waals surface area contributed by atoms with Crippen molar-refractivity contribution in [1.29, 1.82) is 0 Å². The summed E-state index contributed by atoms with van der Waals surface area (Å²) in [7, 11) is 0. The van der Waals surface area contributed by atoms with Gasteiger partial charge in [-0.2, -0.15) is 0 Å². The maximum atomic E-state index is 10.9. The normalized spacial score (nSPS) is 17.3. The first-order valence-electron chi connectivity index (χ1n) is 8.54. The SMILES string of the molecule is CCCC[C@H](C)C[C@H](C)CCC[C@@H](C)[C@@H](C)OC(C)=O. The van der Waals surface area contributed by atoms with Crippen LogP contribution in [0.15, 0.2) is 0 Å². The van der Waals surface area contributed by atoms with Gasteiger partial charge in [0.15, 0.2) is 0 Å². The highest BCUT2D eigenvalue weighted by molar-refractivity contribution is 5.66. The second-order valence-electron chi connectivity index (χ2n) is 6.81. The molecule has 0 unspecified atom stereocenters. The molecule has 0 heterocycles. The van der Waals surface area contributed by atoms with Crippen molar-refractivity contribution in [1.82, 2.24) is 0 Å². The van der Waals surface area contributed by atoms with Gasteiger partial charge in [0, 0.05) is 6.92 Å². The summed E-state index contributed by atoms with van der Waals surface area (Å²) < 4.78 is 5.24. The lowest BCUT2D eigenvalue weighted by atomic mass is 9.88. The van der Waals surface area contributed by atoms with Gasteiger partial charge in [0.1, 0.15) is 6.10 Å². The van der Waals surface area contributed by atoms with E-state index in [0.717, 1.165) is 18.3 Å². The molecule has 0 N–H and O–H groups in total. The van der Waals surface area contributed by atoms with Crippen LogP contribution in [-0.4, -0.2) is 12.1 Å². The van der Waals surface area contributed by atoms with Gasteiger partial charge >= 0.3 is 5.97 Å². The summed E-state index contributed by atoms with van der Waals surface area (Å²) in [5.74, 6) is 1.98. The molecular weight excluding hydrogens is 248 g/mol. The Labute approximate surface area is 126 Å². The van der Waals surface area contributed by atoms with Crippen LogP contribution >= 0.6 is 0 Å². The van der Waals surface area contributed by atoms with Gasteiger partial charge in [0.25, 0.3) is 0 Å². The zero-order valence-corrected chi connectivity index (χ0v) is 14.6. The highest BCUT2D eigenvalue weighted by Gasteiger charge is 2.15. The van der Waals surface area contributed by atoms with Crippen molar-refractivity contribution in [3.05, 3.63) is 0 Å². The lowest BCUT2D eigenvalue weighted by Crippen LogP contribution is -2.20. The Bertz CT molecular complexity index is 250. The van der Waals surface area contributed by atoms with Crippen LogP contribution < -0.4 is 0 Å². The first-order chi connectivity index (χ1) is 9.36. The van der Waals surface area contributed by atoms with Crippen molar-refractivity contribution in [2.24, 2.45) is 17.8 Å². The molecule has 0 aromatic heterocycles. The van der Waals surface area contributed by atoms with E-state index in [9.17, 15) is 4.79 Å². The minimum absolute atomic E-state index is 0.0475. The molecule has 4 atom stereocenters. The molecule has 0 bridgehead atoms. The number of carbonyl (C=O) groups excluding carboxylic acids is 1. The Hall–Kier alpha value is -0.530. The van der Waals surface area contributed by atoms with Gasteiger partial charge in [-0.25, -0.2) is 0 Å². The highest BCUT2D eigenvalue weighted by atomic mass is 16.5. The van der Waals surface area contributed by atoms with Crippen LogP contribution in [0, 0.1) is 17.8 Å². The second kappa shape index (κ2) is 11.2. The molecule has 0 aliphatic rings. The van der Waals surface area contributed by atoms with Crippen molar-refractivity contribution in [3.8, 4) is 0 Å². The second-order valence-corrected chi connectivity index (χ2v) is 6.81. The zero-order valence-electron chi connectivity index (χ0n) is 14.6. The predicted molar refractivity (Wildman–Crippen MR) is 86.7 cm³/mol. The Kier molecular flexibility index (Phi) is 10.9. The van der Waals surface area contributed by atoms with Gasteiger partial charge in [-0.3, -0.25) is 4.79 Å². The molecule has 0 saturated carbocycles. The molecular formula is C18H36O2. The number of carbonyl (C=O) groups is 1. The molecule has 0 aliphatic carbocycles. The molecule has 0 rings (SSSR count). The molecule has 2 nitrogen and oxygen atoms in total. The fourth-order valence-corrected chi connectivity index (χ4v) is 2.88. The van der Waals surface area contributed by atoms with Crippen molar-refractivity contribution >= 4 is 5.97 Å². The van der Waals surface area contributed by atoms with Crippen LogP contribution in [0.3, 0.4) is 0 Å². The molecule has 0 aromatic carbocycles. The molecule has 0 saturated heterocycles. The van der Waals surface area contributed by atoms with E-state index in [1.54, 1.807) is 0 Å². The number of unbranched alkanes of at least 4 members (excludes halogenated alkanes) is 1. The van der Waals surface area contributed by atoms with Crippen molar-refractivity contribution < 1.29 is 9.53 Å². The number of rotatable bonds is 11. The Balaban J connectivity index is 3.74. The average molecular weight is 284 g/mol. The topological polar surface area (TPSA) is 26.3 Å². The van der Waals surface area contributed by atoms with Crippen LogP contribution in [0.5, 0.6) is 0 Å². The van der Waals surface area contributed by atoms with E-state index in [1.807, 2.05) is 6.92 Å². The van der Waals surface area contributed by atoms with E-state index < -0.39 is 0 Å². The molecule has 0 fully saturated rings. The Morgan fingerprint density at radius 2 is 1.50 bits per heavy atom. The minimum atomic E-state index is -0.164. The maximum Gasteiger partial charge on any atom is 0.302 e. The highest BCUT2D eigenvalue weighted by Crippen LogP contribution is 2.23. The summed E-state index contributed by atoms with van der Waals surface area (Å²) in [6, 6.07) is 0. The number of ether oxygens (including phenoxy) is 1. The predicted octanol–water partition coefficient (Wildman–Crippen LogP) is 5.60. The van der Waals surface area contributed by atoms with Gasteiger partial charge in [-0.05, 0) is 37.5 Å². The number of hydrogen-bond donors (Lipinski definition) is 0. The molecule has 0 aliphatic heterocycles. The van der Waals surface area contributed by atoms with E-state index >= 15 is 0 Å². The van der Waals surface area contributed by atoms with Crippen molar-refractivity contribution in [2.75, 3.05) is 0 Å². The quantitative estimate of drug-likeness (QED) is 0.462. The Morgan fingerprint density at radius 1 is 0.950 bits per heavy atom. The van der Waals surface area contributed by atoms with E-state index in [4.69, 9.17) is 4.74 Å². The van der Waals surface area contributed by atoms with Gasteiger partial charge < -0.3 is 4.74 Å². The van der Waals surface area contributed by atoms with E-state index in [-0.39, 0.29) is 12.1 Å². The molecule has 120 valence electrons.